The van der Waals surface area contributed by atoms with Crippen LogP contribution in [0.3, 0.4) is 0 Å². The van der Waals surface area contributed by atoms with Gasteiger partial charge in [-0.2, -0.15) is 0 Å². The number of amides is 7. The molecule has 1 aromatic carbocycles. The molecule has 19 N–H and O–H groups in total. The summed E-state index contributed by atoms with van der Waals surface area (Å²) in [4.78, 5) is 137. The molecule has 81 heavy (non-hydrogen) atoms. The van der Waals surface area contributed by atoms with Crippen molar-refractivity contribution in [1.82, 2.24) is 72.1 Å². The smallest absolute Gasteiger partial charge is 0.243 e. The maximum absolute atomic E-state index is 14.6. The normalized spacial score (nSPS) is 14.1. The van der Waals surface area contributed by atoms with Crippen molar-refractivity contribution < 1.29 is 38.4 Å². The number of aromatic amines is 4. The minimum Gasteiger partial charge on any atom is -0.361 e. The highest BCUT2D eigenvalue weighted by Gasteiger charge is 2.35. The van der Waals surface area contributed by atoms with Gasteiger partial charge in [-0.15, -0.1) is 0 Å². The molecule has 5 aromatic rings. The zero-order valence-electron chi connectivity index (χ0n) is 46.7. The van der Waals surface area contributed by atoms with Crippen LogP contribution in [0.15, 0.2) is 68.0 Å². The standard InChI is InChI=1S/C55H84N18O8/c1-55(2,3)47(74)30-64-49(76)44(23-35-27-60-31-65-35)71-51(78)42(17-7-5-12-20-57)69-53(80)46(25-37-29-62-33-67-37)73-52(79)43(18-10-13-21-58)70-54(81)45(24-36-28-61-32-66-36)72-50(77)41(16-6-4-11-19-56)68-48(75)39(59)22-34-26-63-40-15-9-8-14-38(34)40/h8-9,14-15,26-29,31-33,39,41-46,63H,4-7,10-13,16-25,30,56-59H2,1-3H3,(H,60,65)(H,61,66)(H,62,67)(H,64,76)(H,68,75)(H,69,80)(H,70,81)(H,71,78)(H,72,77)(H,73,79)/t39-,41-,42-,43-,44-,45-,46-/m0/s1. The van der Waals surface area contributed by atoms with Crippen molar-refractivity contribution in [1.29, 1.82) is 0 Å². The Morgan fingerprint density at radius 1 is 0.481 bits per heavy atom. The van der Waals surface area contributed by atoms with E-state index in [1.165, 1.54) is 37.6 Å². The average Bonchev–Trinajstić information content (AvgIpc) is 4.46. The number of hydrogen-bond acceptors (Lipinski definition) is 15. The number of nitrogens with one attached hydrogen (secondary N) is 11. The van der Waals surface area contributed by atoms with E-state index in [2.05, 4.69) is 72.1 Å². The van der Waals surface area contributed by atoms with Crippen molar-refractivity contribution in [2.45, 2.75) is 159 Å². The van der Waals surface area contributed by atoms with Gasteiger partial charge in [-0.3, -0.25) is 38.4 Å². The molecule has 0 aliphatic rings. The Kier molecular flexibility index (Phi) is 26.1. The van der Waals surface area contributed by atoms with Crippen LogP contribution >= 0.6 is 0 Å². The molecule has 0 unspecified atom stereocenters. The van der Waals surface area contributed by atoms with E-state index in [-0.39, 0.29) is 63.8 Å². The van der Waals surface area contributed by atoms with Gasteiger partial charge in [0.1, 0.15) is 36.3 Å². The van der Waals surface area contributed by atoms with Crippen molar-refractivity contribution >= 4 is 58.0 Å². The zero-order chi connectivity index (χ0) is 58.7. The minimum atomic E-state index is -1.36. The largest absolute Gasteiger partial charge is 0.361 e. The number of fused-ring (bicyclic) bond motifs is 1. The van der Waals surface area contributed by atoms with Gasteiger partial charge >= 0.3 is 0 Å². The Morgan fingerprint density at radius 3 is 1.28 bits per heavy atom. The van der Waals surface area contributed by atoms with Gasteiger partial charge in [0.15, 0.2) is 5.78 Å². The maximum atomic E-state index is 14.6. The highest BCUT2D eigenvalue weighted by molar-refractivity contribution is 5.98. The van der Waals surface area contributed by atoms with E-state index in [1.54, 1.807) is 27.0 Å². The molecule has 26 nitrogen and oxygen atoms in total. The minimum absolute atomic E-state index is 0.0223. The summed E-state index contributed by atoms with van der Waals surface area (Å²) in [5.74, 6) is -5.07. The third-order valence-corrected chi connectivity index (χ3v) is 13.8. The number of hydrogen-bond donors (Lipinski definition) is 15. The van der Waals surface area contributed by atoms with Gasteiger partial charge in [-0.25, -0.2) is 15.0 Å². The van der Waals surface area contributed by atoms with Gasteiger partial charge in [-0.1, -0.05) is 64.7 Å². The molecule has 0 aliphatic heterocycles. The SMILES string of the molecule is CC(C)(C)C(=O)CNC(=O)[C@H](Cc1cnc[nH]1)NC(=O)[C@H](CCCCCN)NC(=O)[C@H](Cc1cnc[nH]1)NC(=O)[C@H](CCCCN)NC(=O)[C@H](Cc1cnc[nH]1)NC(=O)[C@H](CCCCCN)NC(=O)[C@@H](N)Cc1c[nH]c2ccccc12. The Hall–Kier alpha value is -7.81. The van der Waals surface area contributed by atoms with Crippen molar-refractivity contribution in [3.63, 3.8) is 0 Å². The summed E-state index contributed by atoms with van der Waals surface area (Å²) in [5.41, 5.74) is 26.3. The maximum Gasteiger partial charge on any atom is 0.243 e. The predicted octanol–water partition coefficient (Wildman–Crippen LogP) is -0.258. The molecule has 442 valence electrons. The van der Waals surface area contributed by atoms with Crippen molar-refractivity contribution in [2.75, 3.05) is 26.2 Å². The molecule has 4 aromatic heterocycles. The molecule has 7 atom stereocenters. The van der Waals surface area contributed by atoms with E-state index < -0.39 is 89.1 Å². The summed E-state index contributed by atoms with van der Waals surface area (Å²) in [5, 5.41) is 20.4. The number of carbonyl (C=O) groups excluding carboxylic acids is 8. The molecule has 0 saturated heterocycles. The molecule has 5 rings (SSSR count). The average molecular weight is 1130 g/mol. The Morgan fingerprint density at radius 2 is 0.864 bits per heavy atom. The highest BCUT2D eigenvalue weighted by atomic mass is 16.2. The second kappa shape index (κ2) is 33.1. The monoisotopic (exact) mass is 1120 g/mol. The second-order valence-corrected chi connectivity index (χ2v) is 21.3. The van der Waals surface area contributed by atoms with Gasteiger partial charge in [0.2, 0.25) is 41.4 Å². The lowest BCUT2D eigenvalue weighted by Crippen LogP contribution is -2.60. The van der Waals surface area contributed by atoms with Crippen molar-refractivity contribution in [2.24, 2.45) is 28.3 Å². The molecule has 0 radical (unpaired) electrons. The lowest BCUT2D eigenvalue weighted by Gasteiger charge is -2.28. The third-order valence-electron chi connectivity index (χ3n) is 13.8. The predicted molar refractivity (Wildman–Crippen MR) is 304 cm³/mol. The van der Waals surface area contributed by atoms with E-state index in [1.807, 2.05) is 24.3 Å². The van der Waals surface area contributed by atoms with E-state index in [9.17, 15) is 38.4 Å². The van der Waals surface area contributed by atoms with E-state index in [4.69, 9.17) is 22.9 Å². The summed E-state index contributed by atoms with van der Waals surface area (Å²) < 4.78 is 0. The van der Waals surface area contributed by atoms with Crippen molar-refractivity contribution in [3.05, 3.63) is 90.7 Å². The summed E-state index contributed by atoms with van der Waals surface area (Å²) in [6.07, 6.45) is 15.3. The first-order valence-corrected chi connectivity index (χ1v) is 27.9. The van der Waals surface area contributed by atoms with Gasteiger partial charge in [0.05, 0.1) is 31.6 Å². The summed E-state index contributed by atoms with van der Waals surface area (Å²) in [6, 6.07) is -0.878. The Balaban J connectivity index is 1.36. The summed E-state index contributed by atoms with van der Waals surface area (Å²) >= 11 is 0. The number of nitrogens with zero attached hydrogens (tertiary/aromatic N) is 3. The van der Waals surface area contributed by atoms with Crippen LogP contribution in [0.25, 0.3) is 10.9 Å². The number of para-hydroxylation sites is 1. The number of carbonyl (C=O) groups is 8. The number of Topliss-reactive ketones (excluding diaryl/α,β-unsaturated/α-hetero) is 1. The first-order chi connectivity index (χ1) is 38.9. The van der Waals surface area contributed by atoms with Gasteiger partial charge < -0.3 is 80.1 Å². The molecule has 0 fully saturated rings. The van der Waals surface area contributed by atoms with Crippen LogP contribution in [0.2, 0.25) is 0 Å². The van der Waals surface area contributed by atoms with Crippen LogP contribution in [0, 0.1) is 5.41 Å². The van der Waals surface area contributed by atoms with Crippen LogP contribution in [-0.2, 0) is 64.0 Å². The number of rotatable bonds is 37. The van der Waals surface area contributed by atoms with Crippen LogP contribution in [0.5, 0.6) is 0 Å². The number of aromatic nitrogens is 7. The van der Waals surface area contributed by atoms with Gasteiger partial charge in [0, 0.05) is 77.4 Å². The molecule has 4 heterocycles. The number of ketones is 1. The fraction of sp³-hybridized carbons (Fsp3) is 0.545. The Labute approximate surface area is 471 Å². The van der Waals surface area contributed by atoms with Gasteiger partial charge in [0.25, 0.3) is 0 Å². The fourth-order valence-corrected chi connectivity index (χ4v) is 8.94. The first kappa shape index (κ1) is 64.0. The van der Waals surface area contributed by atoms with E-state index in [0.717, 1.165) is 16.5 Å². The quantitative estimate of drug-likeness (QED) is 0.0228. The van der Waals surface area contributed by atoms with Crippen LogP contribution in [-0.4, -0.2) is 150 Å². The number of benzene rings is 1. The van der Waals surface area contributed by atoms with Gasteiger partial charge in [-0.05, 0) is 82.6 Å². The number of imidazole rings is 3. The Bertz CT molecular complexity index is 2740. The number of nitrogens with two attached hydrogens (primary N) is 4. The lowest BCUT2D eigenvalue weighted by atomic mass is 9.91. The molecule has 0 bridgehead atoms. The lowest BCUT2D eigenvalue weighted by molar-refractivity contribution is -0.135. The van der Waals surface area contributed by atoms with Crippen molar-refractivity contribution in [3.8, 4) is 0 Å². The van der Waals surface area contributed by atoms with E-state index >= 15 is 0 Å². The summed E-state index contributed by atoms with van der Waals surface area (Å²) in [7, 11) is 0. The van der Waals surface area contributed by atoms with Crippen LogP contribution in [0.1, 0.15) is 114 Å². The third kappa shape index (κ3) is 21.3. The molecule has 0 aliphatic carbocycles. The number of H-pyrrole nitrogens is 4. The molecule has 0 spiro atoms. The van der Waals surface area contributed by atoms with Crippen LogP contribution < -0.4 is 60.2 Å². The van der Waals surface area contributed by atoms with Crippen LogP contribution in [0.4, 0.5) is 0 Å². The molecular formula is C55H84N18O8. The second-order valence-electron chi connectivity index (χ2n) is 21.3. The zero-order valence-corrected chi connectivity index (χ0v) is 46.7. The fourth-order valence-electron chi connectivity index (χ4n) is 8.94. The first-order valence-electron chi connectivity index (χ1n) is 27.9. The summed E-state index contributed by atoms with van der Waals surface area (Å²) in [6.45, 7) is 6.02. The molecule has 0 saturated carbocycles. The highest BCUT2D eigenvalue weighted by Crippen LogP contribution is 2.20. The molecule has 26 heteroatoms. The van der Waals surface area contributed by atoms with E-state index in [0.29, 0.717) is 81.5 Å². The topological polar surface area (TPSA) is 427 Å². The number of unbranched alkanes of at least 4 members (excludes halogenated alkanes) is 5. The molecule has 7 amide bonds. The molecular weight excluding hydrogens is 1040 g/mol.